The second-order valence-electron chi connectivity index (χ2n) is 7.28. The SMILES string of the molecule is Cc1ccc(S(=O)(=O)N2CCO[C@H](c3ccc(Nc4ccccn4)cn3)C2)cc1C. The molecule has 0 saturated carbocycles. The van der Waals surface area contributed by atoms with Gasteiger partial charge in [-0.25, -0.2) is 13.4 Å². The van der Waals surface area contributed by atoms with Crippen molar-refractivity contribution in [2.75, 3.05) is 25.0 Å². The molecule has 3 aromatic rings. The molecule has 1 N–H and O–H groups in total. The van der Waals surface area contributed by atoms with Crippen LogP contribution in [0.15, 0.2) is 65.8 Å². The van der Waals surface area contributed by atoms with Gasteiger partial charge in [-0.05, 0) is 61.4 Å². The Bertz CT molecular complexity index is 1120. The number of hydrogen-bond acceptors (Lipinski definition) is 6. The van der Waals surface area contributed by atoms with Crippen LogP contribution in [0.3, 0.4) is 0 Å². The van der Waals surface area contributed by atoms with E-state index in [1.807, 2.05) is 50.2 Å². The molecule has 1 fully saturated rings. The number of morpholine rings is 1. The monoisotopic (exact) mass is 424 g/mol. The van der Waals surface area contributed by atoms with Crippen LogP contribution in [-0.2, 0) is 14.8 Å². The van der Waals surface area contributed by atoms with Crippen molar-refractivity contribution >= 4 is 21.5 Å². The fourth-order valence-electron chi connectivity index (χ4n) is 3.30. The topological polar surface area (TPSA) is 84.4 Å². The molecule has 1 saturated heterocycles. The van der Waals surface area contributed by atoms with Crippen LogP contribution in [0.2, 0.25) is 0 Å². The molecule has 156 valence electrons. The number of aryl methyl sites for hydroxylation is 2. The van der Waals surface area contributed by atoms with Crippen molar-refractivity contribution in [3.8, 4) is 0 Å². The number of ether oxygens (including phenoxy) is 1. The molecule has 0 aliphatic carbocycles. The number of benzene rings is 1. The summed E-state index contributed by atoms with van der Waals surface area (Å²) in [4.78, 5) is 9.02. The Kier molecular flexibility index (Phi) is 5.80. The summed E-state index contributed by atoms with van der Waals surface area (Å²) in [6.45, 7) is 4.76. The maximum Gasteiger partial charge on any atom is 0.243 e. The summed E-state index contributed by atoms with van der Waals surface area (Å²) in [5.41, 5.74) is 3.52. The molecule has 7 nitrogen and oxygen atoms in total. The number of pyridine rings is 2. The smallest absolute Gasteiger partial charge is 0.243 e. The molecule has 1 atom stereocenters. The Hall–Kier alpha value is -2.81. The van der Waals surface area contributed by atoms with E-state index in [1.54, 1.807) is 24.5 Å². The zero-order valence-corrected chi connectivity index (χ0v) is 17.8. The first-order valence-electron chi connectivity index (χ1n) is 9.76. The van der Waals surface area contributed by atoms with Crippen LogP contribution in [0.1, 0.15) is 22.9 Å². The number of hydrogen-bond donors (Lipinski definition) is 1. The lowest BCUT2D eigenvalue weighted by molar-refractivity contribution is -0.00492. The quantitative estimate of drug-likeness (QED) is 0.674. The number of sulfonamides is 1. The van der Waals surface area contributed by atoms with Gasteiger partial charge >= 0.3 is 0 Å². The van der Waals surface area contributed by atoms with E-state index >= 15 is 0 Å². The van der Waals surface area contributed by atoms with Gasteiger partial charge in [0.25, 0.3) is 0 Å². The van der Waals surface area contributed by atoms with E-state index in [0.717, 1.165) is 22.6 Å². The molecular weight excluding hydrogens is 400 g/mol. The Labute approximate surface area is 176 Å². The number of nitrogens with zero attached hydrogens (tertiary/aromatic N) is 3. The average Bonchev–Trinajstić information content (AvgIpc) is 2.77. The molecule has 0 radical (unpaired) electrons. The summed E-state index contributed by atoms with van der Waals surface area (Å²) in [6.07, 6.45) is 3.00. The van der Waals surface area contributed by atoms with Gasteiger partial charge in [0.15, 0.2) is 0 Å². The van der Waals surface area contributed by atoms with Crippen molar-refractivity contribution in [1.82, 2.24) is 14.3 Å². The summed E-state index contributed by atoms with van der Waals surface area (Å²) < 4.78 is 33.5. The van der Waals surface area contributed by atoms with Crippen LogP contribution in [-0.4, -0.2) is 42.4 Å². The Morgan fingerprint density at radius 1 is 1.07 bits per heavy atom. The Morgan fingerprint density at radius 3 is 2.63 bits per heavy atom. The maximum absolute atomic E-state index is 13.1. The first-order valence-corrected chi connectivity index (χ1v) is 11.2. The maximum atomic E-state index is 13.1. The number of aromatic nitrogens is 2. The number of rotatable bonds is 5. The minimum Gasteiger partial charge on any atom is -0.369 e. The molecule has 2 aromatic heterocycles. The molecular formula is C22H24N4O3S. The molecule has 1 aliphatic rings. The van der Waals surface area contributed by atoms with E-state index in [-0.39, 0.29) is 6.54 Å². The minimum absolute atomic E-state index is 0.231. The van der Waals surface area contributed by atoms with Crippen LogP contribution < -0.4 is 5.32 Å². The third-order valence-electron chi connectivity index (χ3n) is 5.20. The van der Waals surface area contributed by atoms with Crippen LogP contribution in [0, 0.1) is 13.8 Å². The zero-order chi connectivity index (χ0) is 21.1. The fraction of sp³-hybridized carbons (Fsp3) is 0.273. The summed E-state index contributed by atoms with van der Waals surface area (Å²) in [5.74, 6) is 0.728. The van der Waals surface area contributed by atoms with Crippen molar-refractivity contribution in [2.45, 2.75) is 24.8 Å². The third kappa shape index (κ3) is 4.35. The molecule has 4 rings (SSSR count). The van der Waals surface area contributed by atoms with Gasteiger partial charge in [-0.3, -0.25) is 4.98 Å². The highest BCUT2D eigenvalue weighted by atomic mass is 32.2. The Balaban J connectivity index is 1.49. The molecule has 0 spiro atoms. The van der Waals surface area contributed by atoms with Gasteiger partial charge < -0.3 is 10.1 Å². The summed E-state index contributed by atoms with van der Waals surface area (Å²) >= 11 is 0. The van der Waals surface area contributed by atoms with E-state index in [0.29, 0.717) is 23.7 Å². The average molecular weight is 425 g/mol. The van der Waals surface area contributed by atoms with Crippen molar-refractivity contribution in [3.05, 3.63) is 77.7 Å². The summed E-state index contributed by atoms with van der Waals surface area (Å²) in [7, 11) is -3.59. The molecule has 30 heavy (non-hydrogen) atoms. The highest BCUT2D eigenvalue weighted by Crippen LogP contribution is 2.27. The highest BCUT2D eigenvalue weighted by Gasteiger charge is 2.32. The van der Waals surface area contributed by atoms with E-state index in [4.69, 9.17) is 4.74 Å². The van der Waals surface area contributed by atoms with Crippen molar-refractivity contribution in [3.63, 3.8) is 0 Å². The molecule has 1 aromatic carbocycles. The van der Waals surface area contributed by atoms with Gasteiger partial charge in [-0.1, -0.05) is 12.1 Å². The van der Waals surface area contributed by atoms with E-state index < -0.39 is 16.1 Å². The molecule has 8 heteroatoms. The van der Waals surface area contributed by atoms with Crippen molar-refractivity contribution in [1.29, 1.82) is 0 Å². The first kappa shape index (κ1) is 20.5. The largest absolute Gasteiger partial charge is 0.369 e. The second-order valence-corrected chi connectivity index (χ2v) is 9.22. The molecule has 0 bridgehead atoms. The highest BCUT2D eigenvalue weighted by molar-refractivity contribution is 7.89. The minimum atomic E-state index is -3.59. The van der Waals surface area contributed by atoms with Crippen LogP contribution >= 0.6 is 0 Å². The van der Waals surface area contributed by atoms with Crippen molar-refractivity contribution < 1.29 is 13.2 Å². The second kappa shape index (κ2) is 8.51. The number of nitrogens with one attached hydrogen (secondary N) is 1. The first-order chi connectivity index (χ1) is 14.4. The lowest BCUT2D eigenvalue weighted by atomic mass is 10.1. The van der Waals surface area contributed by atoms with Crippen LogP contribution in [0.5, 0.6) is 0 Å². The van der Waals surface area contributed by atoms with Gasteiger partial charge in [0, 0.05) is 19.3 Å². The molecule has 0 unspecified atom stereocenters. The molecule has 1 aliphatic heterocycles. The van der Waals surface area contributed by atoms with E-state index in [9.17, 15) is 8.42 Å². The predicted octanol–water partition coefficient (Wildman–Crippen LogP) is 3.60. The fourth-order valence-corrected chi connectivity index (χ4v) is 4.81. The zero-order valence-electron chi connectivity index (χ0n) is 16.9. The number of anilines is 2. The standard InChI is InChI=1S/C22H24N4O3S/c1-16-6-8-19(13-17(16)2)30(27,28)26-11-12-29-21(15-26)20-9-7-18(14-24-20)25-22-5-3-4-10-23-22/h3-10,13-14,21H,11-12,15H2,1-2H3,(H,23,25)/t21-/m0/s1. The van der Waals surface area contributed by atoms with Crippen molar-refractivity contribution in [2.24, 2.45) is 0 Å². The predicted molar refractivity (Wildman–Crippen MR) is 115 cm³/mol. The lowest BCUT2D eigenvalue weighted by Crippen LogP contribution is -2.42. The summed E-state index contributed by atoms with van der Waals surface area (Å²) in [6, 6.07) is 14.6. The Morgan fingerprint density at radius 2 is 1.93 bits per heavy atom. The van der Waals surface area contributed by atoms with Gasteiger partial charge in [-0.15, -0.1) is 0 Å². The van der Waals surface area contributed by atoms with E-state index in [2.05, 4.69) is 15.3 Å². The van der Waals surface area contributed by atoms with Gasteiger partial charge in [0.05, 0.1) is 29.1 Å². The molecule has 3 heterocycles. The van der Waals surface area contributed by atoms with Crippen LogP contribution in [0.25, 0.3) is 0 Å². The van der Waals surface area contributed by atoms with Crippen LogP contribution in [0.4, 0.5) is 11.5 Å². The van der Waals surface area contributed by atoms with E-state index in [1.165, 1.54) is 4.31 Å². The normalized spacial score (nSPS) is 17.6. The van der Waals surface area contributed by atoms with Gasteiger partial charge in [-0.2, -0.15) is 4.31 Å². The molecule has 0 amide bonds. The third-order valence-corrected chi connectivity index (χ3v) is 7.06. The lowest BCUT2D eigenvalue weighted by Gasteiger charge is -2.32. The van der Waals surface area contributed by atoms with Gasteiger partial charge in [0.1, 0.15) is 11.9 Å². The summed E-state index contributed by atoms with van der Waals surface area (Å²) in [5, 5.41) is 3.18. The van der Waals surface area contributed by atoms with Gasteiger partial charge in [0.2, 0.25) is 10.0 Å².